The molecule has 1 aliphatic rings. The van der Waals surface area contributed by atoms with Crippen LogP contribution in [0.5, 0.6) is 0 Å². The second-order valence-electron chi connectivity index (χ2n) is 5.93. The molecule has 0 bridgehead atoms. The van der Waals surface area contributed by atoms with Crippen molar-refractivity contribution in [3.8, 4) is 5.69 Å². The molecule has 1 atom stereocenters. The number of carbonyl (C=O) groups excluding carboxylic acids is 1. The molecule has 1 amide bonds. The van der Waals surface area contributed by atoms with Gasteiger partial charge in [-0.3, -0.25) is 4.79 Å². The first-order valence-electron chi connectivity index (χ1n) is 7.72. The van der Waals surface area contributed by atoms with E-state index < -0.39 is 0 Å². The van der Waals surface area contributed by atoms with Gasteiger partial charge in [0.15, 0.2) is 0 Å². The molecule has 23 heavy (non-hydrogen) atoms. The zero-order valence-electron chi connectivity index (χ0n) is 13.5. The predicted octanol–water partition coefficient (Wildman–Crippen LogP) is 2.33. The van der Waals surface area contributed by atoms with Gasteiger partial charge in [-0.05, 0) is 44.9 Å². The van der Waals surface area contributed by atoms with Gasteiger partial charge in [0.1, 0.15) is 0 Å². The fourth-order valence-corrected chi connectivity index (χ4v) is 3.14. The van der Waals surface area contributed by atoms with Crippen molar-refractivity contribution in [2.75, 3.05) is 19.6 Å². The quantitative estimate of drug-likeness (QED) is 0.937. The highest BCUT2D eigenvalue weighted by molar-refractivity contribution is 5.96. The van der Waals surface area contributed by atoms with E-state index in [1.54, 1.807) is 0 Å². The van der Waals surface area contributed by atoms with Gasteiger partial charge in [0.05, 0.1) is 22.6 Å². The number of likely N-dealkylation sites (tertiary alicyclic amines) is 1. The number of hydrogen-bond acceptors (Lipinski definition) is 3. The Hall–Kier alpha value is -1.85. The summed E-state index contributed by atoms with van der Waals surface area (Å²) in [5.74, 6) is 0.502. The summed E-state index contributed by atoms with van der Waals surface area (Å²) in [6.07, 6.45) is 0.993. The van der Waals surface area contributed by atoms with Gasteiger partial charge in [0, 0.05) is 13.1 Å². The minimum atomic E-state index is 0. The second kappa shape index (κ2) is 7.15. The molecular weight excluding hydrogens is 312 g/mol. The maximum atomic E-state index is 12.8. The highest BCUT2D eigenvalue weighted by atomic mass is 35.5. The summed E-state index contributed by atoms with van der Waals surface area (Å²) in [5.41, 5.74) is 9.09. The van der Waals surface area contributed by atoms with Crippen molar-refractivity contribution in [2.24, 2.45) is 11.7 Å². The molecule has 1 fully saturated rings. The van der Waals surface area contributed by atoms with Crippen LogP contribution in [-0.4, -0.2) is 40.2 Å². The largest absolute Gasteiger partial charge is 0.338 e. The Morgan fingerprint density at radius 1 is 1.30 bits per heavy atom. The van der Waals surface area contributed by atoms with E-state index in [2.05, 4.69) is 5.10 Å². The van der Waals surface area contributed by atoms with Crippen LogP contribution in [0.3, 0.4) is 0 Å². The summed E-state index contributed by atoms with van der Waals surface area (Å²) < 4.78 is 1.85. The first-order valence-corrected chi connectivity index (χ1v) is 7.72. The number of rotatable bonds is 3. The maximum Gasteiger partial charge on any atom is 0.257 e. The van der Waals surface area contributed by atoms with E-state index in [0.717, 1.165) is 42.1 Å². The average Bonchev–Trinajstić information content (AvgIpc) is 3.12. The summed E-state index contributed by atoms with van der Waals surface area (Å²) in [4.78, 5) is 14.7. The van der Waals surface area contributed by atoms with Gasteiger partial charge in [-0.2, -0.15) is 5.10 Å². The lowest BCUT2D eigenvalue weighted by Gasteiger charge is -2.16. The van der Waals surface area contributed by atoms with Crippen molar-refractivity contribution in [1.29, 1.82) is 0 Å². The van der Waals surface area contributed by atoms with E-state index in [9.17, 15) is 4.79 Å². The van der Waals surface area contributed by atoms with Gasteiger partial charge >= 0.3 is 0 Å². The Bertz CT molecular complexity index is 683. The third-order valence-corrected chi connectivity index (χ3v) is 4.41. The van der Waals surface area contributed by atoms with Crippen LogP contribution in [0.4, 0.5) is 0 Å². The smallest absolute Gasteiger partial charge is 0.257 e. The lowest BCUT2D eigenvalue weighted by Crippen LogP contribution is -2.30. The van der Waals surface area contributed by atoms with Gasteiger partial charge in [-0.1, -0.05) is 18.2 Å². The molecule has 0 saturated carbocycles. The number of hydrogen-bond donors (Lipinski definition) is 1. The molecule has 0 spiro atoms. The molecule has 1 aromatic carbocycles. The van der Waals surface area contributed by atoms with Crippen LogP contribution in [0, 0.1) is 19.8 Å². The first kappa shape index (κ1) is 17.5. The number of halogens is 1. The minimum absolute atomic E-state index is 0. The fourth-order valence-electron chi connectivity index (χ4n) is 3.14. The number of carbonyl (C=O) groups is 1. The van der Waals surface area contributed by atoms with Gasteiger partial charge < -0.3 is 10.6 Å². The fraction of sp³-hybridized carbons (Fsp3) is 0.412. The number of aromatic nitrogens is 2. The number of amides is 1. The van der Waals surface area contributed by atoms with Crippen LogP contribution in [0.1, 0.15) is 28.2 Å². The van der Waals surface area contributed by atoms with Crippen LogP contribution < -0.4 is 5.73 Å². The Kier molecular flexibility index (Phi) is 5.44. The molecule has 124 valence electrons. The number of nitrogens with zero attached hydrogens (tertiary/aromatic N) is 3. The summed E-state index contributed by atoms with van der Waals surface area (Å²) in [6.45, 7) is 6.04. The molecule has 1 unspecified atom stereocenters. The van der Waals surface area contributed by atoms with E-state index in [1.165, 1.54) is 0 Å². The highest BCUT2D eigenvalue weighted by Gasteiger charge is 2.29. The standard InChI is InChI=1S/C17H22N4O.ClH/c1-12-16(17(22)20-9-8-14(10-18)11-20)13(2)21(19-12)15-6-4-3-5-7-15;/h3-7,14H,8-11,18H2,1-2H3;1H. The number of nitrogens with two attached hydrogens (primary N) is 1. The third kappa shape index (κ3) is 3.26. The highest BCUT2D eigenvalue weighted by Crippen LogP contribution is 2.23. The van der Waals surface area contributed by atoms with E-state index >= 15 is 0 Å². The van der Waals surface area contributed by atoms with Crippen LogP contribution in [0.25, 0.3) is 5.69 Å². The summed E-state index contributed by atoms with van der Waals surface area (Å²) >= 11 is 0. The topological polar surface area (TPSA) is 64.2 Å². The van der Waals surface area contributed by atoms with E-state index in [1.807, 2.05) is 53.8 Å². The Morgan fingerprint density at radius 3 is 2.61 bits per heavy atom. The molecule has 6 heteroatoms. The summed E-state index contributed by atoms with van der Waals surface area (Å²) in [7, 11) is 0. The number of benzene rings is 1. The second-order valence-corrected chi connectivity index (χ2v) is 5.93. The van der Waals surface area contributed by atoms with Crippen molar-refractivity contribution in [3.05, 3.63) is 47.3 Å². The van der Waals surface area contributed by atoms with Crippen molar-refractivity contribution in [1.82, 2.24) is 14.7 Å². The molecule has 5 nitrogen and oxygen atoms in total. The number of para-hydroxylation sites is 1. The molecular formula is C17H23ClN4O. The number of aryl methyl sites for hydroxylation is 1. The summed E-state index contributed by atoms with van der Waals surface area (Å²) in [5, 5.41) is 4.56. The lowest BCUT2D eigenvalue weighted by atomic mass is 10.1. The Morgan fingerprint density at radius 2 is 2.00 bits per heavy atom. The molecule has 0 radical (unpaired) electrons. The van der Waals surface area contributed by atoms with Crippen LogP contribution in [-0.2, 0) is 0 Å². The van der Waals surface area contributed by atoms with Crippen molar-refractivity contribution < 1.29 is 4.79 Å². The molecule has 2 heterocycles. The third-order valence-electron chi connectivity index (χ3n) is 4.41. The van der Waals surface area contributed by atoms with Crippen LogP contribution >= 0.6 is 12.4 Å². The van der Waals surface area contributed by atoms with Gasteiger partial charge in [-0.25, -0.2) is 4.68 Å². The predicted molar refractivity (Wildman–Crippen MR) is 93.4 cm³/mol. The summed E-state index contributed by atoms with van der Waals surface area (Å²) in [6, 6.07) is 9.90. The van der Waals surface area contributed by atoms with Gasteiger partial charge in [-0.15, -0.1) is 12.4 Å². The van der Waals surface area contributed by atoms with Crippen LogP contribution in [0.15, 0.2) is 30.3 Å². The lowest BCUT2D eigenvalue weighted by molar-refractivity contribution is 0.0786. The Labute approximate surface area is 142 Å². The molecule has 1 aromatic heterocycles. The van der Waals surface area contributed by atoms with Crippen molar-refractivity contribution in [3.63, 3.8) is 0 Å². The molecule has 3 rings (SSSR count). The Balaban J connectivity index is 0.00000192. The van der Waals surface area contributed by atoms with E-state index in [0.29, 0.717) is 12.5 Å². The van der Waals surface area contributed by atoms with E-state index in [4.69, 9.17) is 5.73 Å². The normalized spacial score (nSPS) is 17.2. The zero-order chi connectivity index (χ0) is 15.7. The minimum Gasteiger partial charge on any atom is -0.338 e. The molecule has 1 saturated heterocycles. The first-order chi connectivity index (χ1) is 10.6. The molecule has 1 aliphatic heterocycles. The van der Waals surface area contributed by atoms with E-state index in [-0.39, 0.29) is 18.3 Å². The van der Waals surface area contributed by atoms with Crippen molar-refractivity contribution in [2.45, 2.75) is 20.3 Å². The monoisotopic (exact) mass is 334 g/mol. The molecule has 2 aromatic rings. The molecule has 2 N–H and O–H groups in total. The van der Waals surface area contributed by atoms with Crippen molar-refractivity contribution >= 4 is 18.3 Å². The zero-order valence-corrected chi connectivity index (χ0v) is 14.3. The van der Waals surface area contributed by atoms with Crippen LogP contribution in [0.2, 0.25) is 0 Å². The molecule has 0 aliphatic carbocycles. The SMILES string of the molecule is Cc1nn(-c2ccccc2)c(C)c1C(=O)N1CCC(CN)C1.Cl. The maximum absolute atomic E-state index is 12.8. The van der Waals surface area contributed by atoms with Gasteiger partial charge in [0.2, 0.25) is 0 Å². The average molecular weight is 335 g/mol. The van der Waals surface area contributed by atoms with Gasteiger partial charge in [0.25, 0.3) is 5.91 Å².